The molecule has 0 radical (unpaired) electrons. The van der Waals surface area contributed by atoms with Crippen molar-refractivity contribution in [3.8, 4) is 0 Å². The minimum Gasteiger partial charge on any atom is -0.481 e. The molecule has 7 nitrogen and oxygen atoms in total. The molecule has 0 rings (SSSR count). The van der Waals surface area contributed by atoms with Crippen molar-refractivity contribution in [2.24, 2.45) is 5.92 Å². The number of carboxylic acids is 2. The van der Waals surface area contributed by atoms with E-state index in [0.29, 0.717) is 0 Å². The number of aliphatic carboxylic acids is 2. The van der Waals surface area contributed by atoms with Gasteiger partial charge in [-0.15, -0.1) is 0 Å². The van der Waals surface area contributed by atoms with Crippen molar-refractivity contribution < 1.29 is 29.7 Å². The third-order valence-electron chi connectivity index (χ3n) is 1.99. The van der Waals surface area contributed by atoms with Crippen LogP contribution in [-0.2, 0) is 14.4 Å². The first kappa shape index (κ1) is 15.4. The van der Waals surface area contributed by atoms with Crippen molar-refractivity contribution >= 4 is 17.8 Å². The van der Waals surface area contributed by atoms with Gasteiger partial charge in [0, 0.05) is 0 Å². The topological polar surface area (TPSA) is 124 Å². The Morgan fingerprint density at radius 3 is 2.06 bits per heavy atom. The van der Waals surface area contributed by atoms with E-state index in [2.05, 4.69) is 0 Å². The average molecular weight is 247 g/mol. The molecule has 1 amide bonds. The van der Waals surface area contributed by atoms with Gasteiger partial charge in [-0.3, -0.25) is 9.59 Å². The Bertz CT molecular complexity index is 301. The number of amides is 1. The molecule has 0 spiro atoms. The van der Waals surface area contributed by atoms with E-state index in [9.17, 15) is 19.5 Å². The maximum absolute atomic E-state index is 11.4. The van der Waals surface area contributed by atoms with Gasteiger partial charge in [0.15, 0.2) is 0 Å². The summed E-state index contributed by atoms with van der Waals surface area (Å²) in [5, 5.41) is 28.5. The van der Waals surface area contributed by atoms with Crippen LogP contribution in [-0.4, -0.2) is 45.3 Å². The van der Waals surface area contributed by atoms with Gasteiger partial charge in [0.05, 0.1) is 6.42 Å². The van der Waals surface area contributed by atoms with Crippen molar-refractivity contribution in [3.05, 3.63) is 0 Å². The molecule has 0 aromatic carbocycles. The second kappa shape index (κ2) is 6.85. The molecule has 0 bridgehead atoms. The van der Waals surface area contributed by atoms with Crippen molar-refractivity contribution in [1.29, 1.82) is 0 Å². The molecule has 98 valence electrons. The Hall–Kier alpha value is -1.63. The second-order valence-electron chi connectivity index (χ2n) is 4.14. The summed E-state index contributed by atoms with van der Waals surface area (Å²) in [6.45, 7) is 3.59. The Labute approximate surface area is 98.4 Å². The zero-order valence-corrected chi connectivity index (χ0v) is 9.71. The fourth-order valence-electron chi connectivity index (χ4n) is 1.20. The molecule has 0 aliphatic heterocycles. The van der Waals surface area contributed by atoms with E-state index in [0.717, 1.165) is 0 Å². The highest BCUT2D eigenvalue weighted by Crippen LogP contribution is 2.05. The van der Waals surface area contributed by atoms with Gasteiger partial charge in [0.2, 0.25) is 5.91 Å². The van der Waals surface area contributed by atoms with E-state index in [1.165, 1.54) is 0 Å². The number of aliphatic hydroxyl groups is 1. The van der Waals surface area contributed by atoms with Gasteiger partial charge in [-0.1, -0.05) is 13.8 Å². The predicted octanol–water partition coefficient (Wildman–Crippen LogP) is -0.562. The minimum absolute atomic E-state index is 0.0681. The summed E-state index contributed by atoms with van der Waals surface area (Å²) >= 11 is 0. The van der Waals surface area contributed by atoms with Crippen molar-refractivity contribution in [3.63, 3.8) is 0 Å². The summed E-state index contributed by atoms with van der Waals surface area (Å²) < 4.78 is 0. The summed E-state index contributed by atoms with van der Waals surface area (Å²) in [6.07, 6.45) is -1.87. The van der Waals surface area contributed by atoms with Crippen LogP contribution in [0.1, 0.15) is 26.7 Å². The highest BCUT2D eigenvalue weighted by molar-refractivity contribution is 5.88. The molecule has 0 saturated heterocycles. The summed E-state index contributed by atoms with van der Waals surface area (Å²) in [4.78, 5) is 32.4. The Balaban J connectivity index is 4.39. The zero-order chi connectivity index (χ0) is 13.6. The summed E-state index contributed by atoms with van der Waals surface area (Å²) in [6, 6.07) is -1.53. The lowest BCUT2D eigenvalue weighted by molar-refractivity contribution is -0.148. The highest BCUT2D eigenvalue weighted by Gasteiger charge is 2.26. The van der Waals surface area contributed by atoms with Gasteiger partial charge in [-0.05, 0) is 12.3 Å². The number of rotatable bonds is 7. The third kappa shape index (κ3) is 6.52. The molecule has 4 N–H and O–H groups in total. The zero-order valence-electron chi connectivity index (χ0n) is 9.71. The normalized spacial score (nSPS) is 14.1. The van der Waals surface area contributed by atoms with Crippen LogP contribution in [0.25, 0.3) is 0 Å². The fraction of sp³-hybridized carbons (Fsp3) is 0.700. The minimum atomic E-state index is -1.53. The lowest BCUT2D eigenvalue weighted by Crippen LogP contribution is -2.46. The van der Waals surface area contributed by atoms with E-state index in [4.69, 9.17) is 10.2 Å². The lowest BCUT2D eigenvalue weighted by atomic mass is 10.1. The van der Waals surface area contributed by atoms with E-state index in [1.54, 1.807) is 13.8 Å². The molecular formula is C10H17NO6. The first-order chi connectivity index (χ1) is 7.73. The summed E-state index contributed by atoms with van der Waals surface area (Å²) in [5.74, 6) is -3.58. The van der Waals surface area contributed by atoms with Crippen molar-refractivity contribution in [2.75, 3.05) is 0 Å². The first-order valence-electron chi connectivity index (χ1n) is 5.17. The number of carbonyl (C=O) groups is 3. The lowest BCUT2D eigenvalue weighted by Gasteiger charge is -2.16. The molecule has 0 aromatic rings. The summed E-state index contributed by atoms with van der Waals surface area (Å²) in [5.41, 5.74) is 0. The monoisotopic (exact) mass is 247 g/mol. The van der Waals surface area contributed by atoms with E-state index in [1.807, 2.05) is 5.32 Å². The van der Waals surface area contributed by atoms with Crippen LogP contribution in [0.5, 0.6) is 0 Å². The summed E-state index contributed by atoms with van der Waals surface area (Å²) in [7, 11) is 0. The molecule has 0 aliphatic carbocycles. The van der Waals surface area contributed by atoms with Gasteiger partial charge in [-0.2, -0.15) is 0 Å². The quantitative estimate of drug-likeness (QED) is 0.478. The van der Waals surface area contributed by atoms with Gasteiger partial charge in [0.1, 0.15) is 12.1 Å². The molecule has 2 atom stereocenters. The number of hydrogen-bond acceptors (Lipinski definition) is 4. The van der Waals surface area contributed by atoms with Crippen molar-refractivity contribution in [1.82, 2.24) is 5.32 Å². The first-order valence-corrected chi connectivity index (χ1v) is 5.17. The van der Waals surface area contributed by atoms with Crippen LogP contribution < -0.4 is 5.32 Å². The average Bonchev–Trinajstić information content (AvgIpc) is 2.14. The highest BCUT2D eigenvalue weighted by atomic mass is 16.4. The number of hydrogen-bond donors (Lipinski definition) is 4. The van der Waals surface area contributed by atoms with Crippen LogP contribution >= 0.6 is 0 Å². The number of carbonyl (C=O) groups excluding carboxylic acids is 1. The van der Waals surface area contributed by atoms with Crippen LogP contribution in [0.2, 0.25) is 0 Å². The Morgan fingerprint density at radius 1 is 1.18 bits per heavy atom. The molecule has 0 fully saturated rings. The van der Waals surface area contributed by atoms with Crippen LogP contribution in [0.4, 0.5) is 0 Å². The van der Waals surface area contributed by atoms with Gasteiger partial charge in [0.25, 0.3) is 0 Å². The predicted molar refractivity (Wildman–Crippen MR) is 57.3 cm³/mol. The molecule has 0 heterocycles. The van der Waals surface area contributed by atoms with E-state index in [-0.39, 0.29) is 12.3 Å². The molecule has 0 unspecified atom stereocenters. The maximum atomic E-state index is 11.4. The largest absolute Gasteiger partial charge is 0.481 e. The molecule has 7 heteroatoms. The molecule has 17 heavy (non-hydrogen) atoms. The fourth-order valence-corrected chi connectivity index (χ4v) is 1.20. The Morgan fingerprint density at radius 2 is 1.71 bits per heavy atom. The Kier molecular flexibility index (Phi) is 6.19. The van der Waals surface area contributed by atoms with Crippen LogP contribution in [0.15, 0.2) is 0 Å². The third-order valence-corrected chi connectivity index (χ3v) is 1.99. The molecule has 0 aliphatic rings. The second-order valence-corrected chi connectivity index (χ2v) is 4.14. The maximum Gasteiger partial charge on any atom is 0.326 e. The van der Waals surface area contributed by atoms with Gasteiger partial charge in [-0.25, -0.2) is 4.79 Å². The van der Waals surface area contributed by atoms with E-state index < -0.39 is 36.4 Å². The van der Waals surface area contributed by atoms with Crippen LogP contribution in [0, 0.1) is 5.92 Å². The smallest absolute Gasteiger partial charge is 0.326 e. The van der Waals surface area contributed by atoms with E-state index >= 15 is 0 Å². The van der Waals surface area contributed by atoms with Crippen LogP contribution in [0.3, 0.4) is 0 Å². The SMILES string of the molecule is CC(C)C[C@H](O)C(=O)N[C@H](CC(=O)O)C(=O)O. The molecule has 0 aromatic heterocycles. The van der Waals surface area contributed by atoms with Gasteiger partial charge < -0.3 is 20.6 Å². The number of carboxylic acid groups (broad SMARTS) is 2. The molecular weight excluding hydrogens is 230 g/mol. The standard InChI is InChI=1S/C10H17NO6/c1-5(2)3-7(12)9(15)11-6(10(16)17)4-8(13)14/h5-7,12H,3-4H2,1-2H3,(H,11,15)(H,13,14)(H,16,17)/t6-,7+/m1/s1. The number of nitrogens with one attached hydrogen (secondary N) is 1. The molecule has 0 saturated carbocycles. The number of aliphatic hydroxyl groups excluding tert-OH is 1. The van der Waals surface area contributed by atoms with Gasteiger partial charge >= 0.3 is 11.9 Å². The van der Waals surface area contributed by atoms with Crippen molar-refractivity contribution in [2.45, 2.75) is 38.8 Å².